The Labute approximate surface area is 235 Å². The van der Waals surface area contributed by atoms with Gasteiger partial charge in [-0.1, -0.05) is 83.9 Å². The number of fused-ring (bicyclic) bond motifs is 2. The number of ketones is 2. The highest BCUT2D eigenvalue weighted by Crippen LogP contribution is 2.35. The van der Waals surface area contributed by atoms with Crippen molar-refractivity contribution < 1.29 is 9.59 Å². The molecule has 0 saturated carbocycles. The van der Waals surface area contributed by atoms with Crippen LogP contribution in [0.5, 0.6) is 0 Å². The Balaban J connectivity index is 1.57. The van der Waals surface area contributed by atoms with E-state index >= 15 is 0 Å². The molecule has 4 aromatic carbocycles. The van der Waals surface area contributed by atoms with E-state index in [2.05, 4.69) is 24.5 Å². The molecule has 6 rings (SSSR count). The van der Waals surface area contributed by atoms with Gasteiger partial charge in [0.15, 0.2) is 11.6 Å². The summed E-state index contributed by atoms with van der Waals surface area (Å²) in [6, 6.07) is 31.9. The first kappa shape index (κ1) is 25.6. The van der Waals surface area contributed by atoms with Crippen LogP contribution >= 0.6 is 0 Å². The van der Waals surface area contributed by atoms with E-state index in [0.29, 0.717) is 35.4 Å². The number of carbonyl (C=O) groups excluding carboxylic acids is 2. The summed E-state index contributed by atoms with van der Waals surface area (Å²) in [6.07, 6.45) is 2.70. The monoisotopic (exact) mass is 524 g/mol. The standard InChI is InChI=1S/C36H32N2O2/c1-23-11-17-27(18-12-23)37-33(31-21-15-25-7-3-5-9-29(25)35(31)39)34(38-28-19-13-24(2)14-20-28)32-22-16-26-8-4-6-10-30(26)36(32)40/h3-14,17-20,37-38H,15-16,21-22H2,1-2H3/b33-31+,34-32+. The zero-order valence-corrected chi connectivity index (χ0v) is 22.9. The van der Waals surface area contributed by atoms with Gasteiger partial charge in [-0.25, -0.2) is 0 Å². The number of hydrogen-bond acceptors (Lipinski definition) is 4. The number of carbonyl (C=O) groups is 2. The van der Waals surface area contributed by atoms with Crippen molar-refractivity contribution in [3.63, 3.8) is 0 Å². The molecule has 2 N–H and O–H groups in total. The molecular weight excluding hydrogens is 492 g/mol. The topological polar surface area (TPSA) is 58.2 Å². The van der Waals surface area contributed by atoms with Gasteiger partial charge >= 0.3 is 0 Å². The van der Waals surface area contributed by atoms with Gasteiger partial charge in [-0.3, -0.25) is 9.59 Å². The van der Waals surface area contributed by atoms with Crippen LogP contribution in [0.3, 0.4) is 0 Å². The Bertz CT molecular complexity index is 1550. The summed E-state index contributed by atoms with van der Waals surface area (Å²) in [4.78, 5) is 28.1. The van der Waals surface area contributed by atoms with Gasteiger partial charge in [0, 0.05) is 33.6 Å². The molecule has 4 heteroatoms. The molecule has 0 radical (unpaired) electrons. The van der Waals surface area contributed by atoms with Gasteiger partial charge in [-0.15, -0.1) is 0 Å². The van der Waals surface area contributed by atoms with E-state index in [1.807, 2.05) is 97.1 Å². The van der Waals surface area contributed by atoms with Crippen LogP contribution in [0.1, 0.15) is 55.8 Å². The minimum absolute atomic E-state index is 0.00364. The van der Waals surface area contributed by atoms with E-state index in [4.69, 9.17) is 0 Å². The van der Waals surface area contributed by atoms with Gasteiger partial charge < -0.3 is 10.6 Å². The number of benzene rings is 4. The summed E-state index contributed by atoms with van der Waals surface area (Å²) in [6.45, 7) is 4.10. The first-order chi connectivity index (χ1) is 19.5. The van der Waals surface area contributed by atoms with Crippen molar-refractivity contribution in [3.05, 3.63) is 153 Å². The van der Waals surface area contributed by atoms with Gasteiger partial charge in [0.25, 0.3) is 0 Å². The third kappa shape index (κ3) is 5.01. The average molecular weight is 525 g/mol. The fourth-order valence-corrected chi connectivity index (χ4v) is 5.61. The van der Waals surface area contributed by atoms with E-state index in [1.54, 1.807) is 0 Å². The third-order valence-corrected chi connectivity index (χ3v) is 7.86. The fraction of sp³-hybridized carbons (Fsp3) is 0.167. The van der Waals surface area contributed by atoms with Gasteiger partial charge in [0.2, 0.25) is 0 Å². The summed E-state index contributed by atoms with van der Waals surface area (Å²) in [7, 11) is 0. The number of allylic oxidation sites excluding steroid dienone is 2. The molecule has 0 unspecified atom stereocenters. The highest BCUT2D eigenvalue weighted by Gasteiger charge is 2.31. The third-order valence-electron chi connectivity index (χ3n) is 7.86. The van der Waals surface area contributed by atoms with Crippen LogP contribution in [0.4, 0.5) is 11.4 Å². The summed E-state index contributed by atoms with van der Waals surface area (Å²) in [5, 5.41) is 7.19. The molecule has 0 aromatic heterocycles. The molecule has 0 atom stereocenters. The Morgan fingerprint density at radius 2 is 0.875 bits per heavy atom. The van der Waals surface area contributed by atoms with Crippen molar-refractivity contribution in [2.24, 2.45) is 0 Å². The van der Waals surface area contributed by atoms with Crippen LogP contribution in [0.25, 0.3) is 0 Å². The Morgan fingerprint density at radius 1 is 0.500 bits per heavy atom. The van der Waals surface area contributed by atoms with Crippen molar-refractivity contribution in [3.8, 4) is 0 Å². The minimum Gasteiger partial charge on any atom is -0.353 e. The molecule has 40 heavy (non-hydrogen) atoms. The minimum atomic E-state index is 0.00364. The predicted octanol–water partition coefficient (Wildman–Crippen LogP) is 7.99. The first-order valence-corrected chi connectivity index (χ1v) is 13.9. The Hall–Kier alpha value is -4.70. The van der Waals surface area contributed by atoms with E-state index < -0.39 is 0 Å². The van der Waals surface area contributed by atoms with E-state index in [1.165, 1.54) is 0 Å². The zero-order valence-electron chi connectivity index (χ0n) is 22.9. The van der Waals surface area contributed by atoms with E-state index in [9.17, 15) is 9.59 Å². The molecular formula is C36H32N2O2. The maximum absolute atomic E-state index is 14.0. The lowest BCUT2D eigenvalue weighted by Crippen LogP contribution is -2.25. The highest BCUT2D eigenvalue weighted by atomic mass is 16.1. The van der Waals surface area contributed by atoms with Crippen molar-refractivity contribution in [2.75, 3.05) is 10.6 Å². The van der Waals surface area contributed by atoms with Gasteiger partial charge in [0.05, 0.1) is 11.4 Å². The molecule has 0 saturated heterocycles. The zero-order chi connectivity index (χ0) is 27.6. The molecule has 4 aromatic rings. The maximum Gasteiger partial charge on any atom is 0.191 e. The Kier molecular flexibility index (Phi) is 6.91. The lowest BCUT2D eigenvalue weighted by Gasteiger charge is -2.28. The second-order valence-electron chi connectivity index (χ2n) is 10.7. The molecule has 0 spiro atoms. The van der Waals surface area contributed by atoms with Crippen molar-refractivity contribution in [1.29, 1.82) is 0 Å². The summed E-state index contributed by atoms with van der Waals surface area (Å²) >= 11 is 0. The number of anilines is 2. The molecule has 198 valence electrons. The molecule has 0 amide bonds. The SMILES string of the molecule is Cc1ccc(NC(=C2\CCc3ccccc3C2=O)/C(Nc2ccc(C)cc2)=C2/CCc3ccccc3C2=O)cc1. The lowest BCUT2D eigenvalue weighted by molar-refractivity contribution is 0.101. The fourth-order valence-electron chi connectivity index (χ4n) is 5.61. The largest absolute Gasteiger partial charge is 0.353 e. The van der Waals surface area contributed by atoms with Gasteiger partial charge in [-0.2, -0.15) is 0 Å². The summed E-state index contributed by atoms with van der Waals surface area (Å²) in [5.74, 6) is 0.00727. The summed E-state index contributed by atoms with van der Waals surface area (Å²) < 4.78 is 0. The number of hydrogen-bond donors (Lipinski definition) is 2. The second kappa shape index (κ2) is 10.8. The molecule has 2 aliphatic rings. The molecule has 4 nitrogen and oxygen atoms in total. The van der Waals surface area contributed by atoms with Crippen LogP contribution in [0.2, 0.25) is 0 Å². The van der Waals surface area contributed by atoms with Crippen LogP contribution < -0.4 is 10.6 Å². The van der Waals surface area contributed by atoms with Crippen LogP contribution in [-0.2, 0) is 12.8 Å². The van der Waals surface area contributed by atoms with Gasteiger partial charge in [-0.05, 0) is 74.9 Å². The van der Waals surface area contributed by atoms with Crippen molar-refractivity contribution in [2.45, 2.75) is 39.5 Å². The summed E-state index contributed by atoms with van der Waals surface area (Å²) in [5.41, 5.74) is 10.3. The quantitative estimate of drug-likeness (QED) is 0.260. The van der Waals surface area contributed by atoms with E-state index in [-0.39, 0.29) is 11.6 Å². The molecule has 0 aliphatic heterocycles. The van der Waals surface area contributed by atoms with Crippen LogP contribution in [-0.4, -0.2) is 11.6 Å². The number of aryl methyl sites for hydroxylation is 4. The molecule has 0 fully saturated rings. The maximum atomic E-state index is 14.0. The molecule has 2 aliphatic carbocycles. The van der Waals surface area contributed by atoms with Crippen molar-refractivity contribution >= 4 is 22.9 Å². The number of Topliss-reactive ketones (excluding diaryl/α,β-unsaturated/α-hetero) is 2. The normalized spacial score (nSPS) is 17.1. The predicted molar refractivity (Wildman–Crippen MR) is 162 cm³/mol. The second-order valence-corrected chi connectivity index (χ2v) is 10.7. The Morgan fingerprint density at radius 3 is 1.27 bits per heavy atom. The lowest BCUT2D eigenvalue weighted by atomic mass is 9.82. The smallest absolute Gasteiger partial charge is 0.191 e. The van der Waals surface area contributed by atoms with Gasteiger partial charge in [0.1, 0.15) is 0 Å². The number of rotatable bonds is 5. The first-order valence-electron chi connectivity index (χ1n) is 13.9. The van der Waals surface area contributed by atoms with Crippen LogP contribution in [0, 0.1) is 13.8 Å². The highest BCUT2D eigenvalue weighted by molar-refractivity contribution is 6.14. The van der Waals surface area contributed by atoms with Crippen LogP contribution in [0.15, 0.2) is 120 Å². The van der Waals surface area contributed by atoms with Crippen molar-refractivity contribution in [1.82, 2.24) is 0 Å². The molecule has 0 bridgehead atoms. The number of nitrogens with one attached hydrogen (secondary N) is 2. The van der Waals surface area contributed by atoms with E-state index in [0.717, 1.165) is 57.6 Å². The average Bonchev–Trinajstić information content (AvgIpc) is 2.98. The molecule has 0 heterocycles.